The Bertz CT molecular complexity index is 1290. The van der Waals surface area contributed by atoms with Gasteiger partial charge in [-0.3, -0.25) is 0 Å². The quantitative estimate of drug-likeness (QED) is 0.423. The van der Waals surface area contributed by atoms with Gasteiger partial charge in [0, 0.05) is 22.7 Å². The van der Waals surface area contributed by atoms with Crippen molar-refractivity contribution in [1.82, 2.24) is 30.5 Å². The van der Waals surface area contributed by atoms with Crippen molar-refractivity contribution in [3.05, 3.63) is 53.5 Å². The largest absolute Gasteiger partial charge is 0.487 e. The predicted molar refractivity (Wildman–Crippen MR) is 126 cm³/mol. The molecule has 0 atom stereocenters. The minimum atomic E-state index is -1.10. The van der Waals surface area contributed by atoms with E-state index >= 15 is 4.39 Å². The van der Waals surface area contributed by atoms with Gasteiger partial charge in [-0.1, -0.05) is 6.07 Å². The van der Waals surface area contributed by atoms with Gasteiger partial charge in [0.15, 0.2) is 17.4 Å². The van der Waals surface area contributed by atoms with E-state index in [4.69, 9.17) is 10.5 Å². The molecule has 1 saturated carbocycles. The highest BCUT2D eigenvalue weighted by atomic mass is 32.1. The number of aromatic nitrogens is 5. The number of tetrazole rings is 1. The number of anilines is 1. The Morgan fingerprint density at radius 2 is 1.97 bits per heavy atom. The lowest BCUT2D eigenvalue weighted by atomic mass is 9.93. The summed E-state index contributed by atoms with van der Waals surface area (Å²) in [6.07, 6.45) is 4.90. The van der Waals surface area contributed by atoms with E-state index in [-0.39, 0.29) is 29.2 Å². The lowest BCUT2D eigenvalue weighted by Crippen LogP contribution is -2.34. The molecule has 0 bridgehead atoms. The fourth-order valence-corrected chi connectivity index (χ4v) is 4.88. The van der Waals surface area contributed by atoms with Gasteiger partial charge >= 0.3 is 0 Å². The standard InChI is InChI=1S/C23H23F2N7OS/c1-27-14-4-6-15(7-5-14)33-18-9-8-17(20(24)21(18)25)32-23(29-30-31-32)16-11-13(12-28-22(16)26)19-3-2-10-34-19/h2-3,8-12,14-15,27H,4-7H2,1H3,(H2,26,28). The average molecular weight is 484 g/mol. The van der Waals surface area contributed by atoms with Gasteiger partial charge in [0.2, 0.25) is 5.82 Å². The molecule has 3 heterocycles. The molecule has 11 heteroatoms. The molecule has 5 rings (SSSR count). The number of benzene rings is 1. The zero-order valence-electron chi connectivity index (χ0n) is 18.4. The molecule has 1 fully saturated rings. The van der Waals surface area contributed by atoms with Crippen LogP contribution in [-0.4, -0.2) is 44.4 Å². The number of hydrogen-bond donors (Lipinski definition) is 2. The summed E-state index contributed by atoms with van der Waals surface area (Å²) in [5.74, 6) is -1.97. The minimum Gasteiger partial charge on any atom is -0.487 e. The molecule has 3 N–H and O–H groups in total. The van der Waals surface area contributed by atoms with E-state index in [1.165, 1.54) is 12.1 Å². The monoisotopic (exact) mass is 483 g/mol. The predicted octanol–water partition coefficient (Wildman–Crippen LogP) is 4.22. The normalized spacial score (nSPS) is 18.2. The average Bonchev–Trinajstić information content (AvgIpc) is 3.56. The second-order valence-electron chi connectivity index (χ2n) is 8.14. The SMILES string of the molecule is CNC1CCC(Oc2ccc(-n3nnnc3-c3cc(-c4cccs4)cnc3N)c(F)c2F)CC1. The number of ether oxygens (including phenoxy) is 1. The summed E-state index contributed by atoms with van der Waals surface area (Å²) in [5.41, 5.74) is 7.17. The third-order valence-electron chi connectivity index (χ3n) is 6.07. The molecule has 0 amide bonds. The summed E-state index contributed by atoms with van der Waals surface area (Å²) < 4.78 is 37.1. The maximum Gasteiger partial charge on any atom is 0.202 e. The first-order chi connectivity index (χ1) is 16.5. The van der Waals surface area contributed by atoms with Crippen molar-refractivity contribution in [2.75, 3.05) is 12.8 Å². The van der Waals surface area contributed by atoms with Crippen LogP contribution in [0.4, 0.5) is 14.6 Å². The van der Waals surface area contributed by atoms with Crippen LogP contribution in [-0.2, 0) is 0 Å². The van der Waals surface area contributed by atoms with Crippen LogP contribution in [0.3, 0.4) is 0 Å². The Hall–Kier alpha value is -3.44. The number of nitrogens with zero attached hydrogens (tertiary/aromatic N) is 5. The van der Waals surface area contributed by atoms with Gasteiger partial charge in [0.05, 0.1) is 11.7 Å². The molecule has 4 aromatic rings. The van der Waals surface area contributed by atoms with Crippen molar-refractivity contribution in [2.24, 2.45) is 0 Å². The number of nitrogens with one attached hydrogen (secondary N) is 1. The first-order valence-corrected chi connectivity index (χ1v) is 11.8. The number of nitrogens with two attached hydrogens (primary N) is 1. The van der Waals surface area contributed by atoms with E-state index in [1.807, 2.05) is 24.6 Å². The third kappa shape index (κ3) is 4.24. The van der Waals surface area contributed by atoms with Gasteiger partial charge in [-0.2, -0.15) is 9.07 Å². The smallest absolute Gasteiger partial charge is 0.202 e. The van der Waals surface area contributed by atoms with Gasteiger partial charge in [-0.15, -0.1) is 16.4 Å². The lowest BCUT2D eigenvalue weighted by molar-refractivity contribution is 0.135. The lowest BCUT2D eigenvalue weighted by Gasteiger charge is -2.28. The van der Waals surface area contributed by atoms with Crippen LogP contribution < -0.4 is 15.8 Å². The minimum absolute atomic E-state index is 0.121. The molecule has 8 nitrogen and oxygen atoms in total. The van der Waals surface area contributed by atoms with Crippen LogP contribution in [0.1, 0.15) is 25.7 Å². The Kier molecular flexibility index (Phi) is 6.20. The molecule has 176 valence electrons. The van der Waals surface area contributed by atoms with E-state index in [1.54, 1.807) is 23.6 Å². The fourth-order valence-electron chi connectivity index (χ4n) is 4.17. The van der Waals surface area contributed by atoms with E-state index in [9.17, 15) is 4.39 Å². The number of halogens is 2. The van der Waals surface area contributed by atoms with Gasteiger partial charge in [-0.25, -0.2) is 9.37 Å². The van der Waals surface area contributed by atoms with Gasteiger partial charge < -0.3 is 15.8 Å². The molecule has 1 aliphatic rings. The number of hydrogen-bond acceptors (Lipinski definition) is 8. The molecule has 1 aliphatic carbocycles. The molecule has 3 aromatic heterocycles. The van der Waals surface area contributed by atoms with Crippen molar-refractivity contribution in [3.8, 4) is 33.3 Å². The van der Waals surface area contributed by atoms with E-state index in [2.05, 4.69) is 25.8 Å². The van der Waals surface area contributed by atoms with Crippen LogP contribution in [0, 0.1) is 11.6 Å². The number of rotatable bonds is 6. The number of nitrogen functional groups attached to an aromatic ring is 1. The summed E-state index contributed by atoms with van der Waals surface area (Å²) in [6.45, 7) is 0. The van der Waals surface area contributed by atoms with Crippen molar-refractivity contribution < 1.29 is 13.5 Å². The second-order valence-corrected chi connectivity index (χ2v) is 9.09. The third-order valence-corrected chi connectivity index (χ3v) is 6.98. The van der Waals surface area contributed by atoms with Crippen LogP contribution in [0.15, 0.2) is 41.9 Å². The van der Waals surface area contributed by atoms with Crippen LogP contribution in [0.25, 0.3) is 27.5 Å². The van der Waals surface area contributed by atoms with Gasteiger partial charge in [0.25, 0.3) is 0 Å². The molecule has 34 heavy (non-hydrogen) atoms. The summed E-state index contributed by atoms with van der Waals surface area (Å²) in [5, 5.41) is 16.7. The highest BCUT2D eigenvalue weighted by molar-refractivity contribution is 7.13. The summed E-state index contributed by atoms with van der Waals surface area (Å²) in [4.78, 5) is 5.22. The second kappa shape index (κ2) is 9.43. The first-order valence-electron chi connectivity index (χ1n) is 11.0. The summed E-state index contributed by atoms with van der Waals surface area (Å²) >= 11 is 1.54. The Morgan fingerprint density at radius 3 is 2.71 bits per heavy atom. The molecule has 1 aromatic carbocycles. The van der Waals surface area contributed by atoms with Crippen LogP contribution in [0.2, 0.25) is 0 Å². The zero-order chi connectivity index (χ0) is 23.7. The van der Waals surface area contributed by atoms with E-state index in [0.717, 1.165) is 40.8 Å². The molecule has 0 aliphatic heterocycles. The fraction of sp³-hybridized carbons (Fsp3) is 0.304. The highest BCUT2D eigenvalue weighted by Gasteiger charge is 2.25. The topological polar surface area (TPSA) is 104 Å². The molecule has 0 radical (unpaired) electrons. The van der Waals surface area contributed by atoms with Gasteiger partial charge in [0.1, 0.15) is 11.5 Å². The summed E-state index contributed by atoms with van der Waals surface area (Å²) in [7, 11) is 1.93. The van der Waals surface area contributed by atoms with Crippen LogP contribution in [0.5, 0.6) is 5.75 Å². The van der Waals surface area contributed by atoms with Crippen molar-refractivity contribution >= 4 is 17.2 Å². The van der Waals surface area contributed by atoms with Gasteiger partial charge in [-0.05, 0) is 72.8 Å². The number of thiophene rings is 1. The van der Waals surface area contributed by atoms with Crippen molar-refractivity contribution in [3.63, 3.8) is 0 Å². The Labute approximate surface area is 198 Å². The maximum atomic E-state index is 15.2. The van der Waals surface area contributed by atoms with Crippen LogP contribution >= 0.6 is 11.3 Å². The van der Waals surface area contributed by atoms with Crippen molar-refractivity contribution in [1.29, 1.82) is 0 Å². The Balaban J connectivity index is 1.45. The maximum absolute atomic E-state index is 15.2. The molecule has 0 spiro atoms. The number of pyridine rings is 1. The van der Waals surface area contributed by atoms with Crippen molar-refractivity contribution in [2.45, 2.75) is 37.8 Å². The first kappa shape index (κ1) is 22.4. The summed E-state index contributed by atoms with van der Waals surface area (Å²) in [6, 6.07) is 8.90. The molecule has 0 saturated heterocycles. The molecular weight excluding hydrogens is 460 g/mol. The molecule has 0 unspecified atom stereocenters. The Morgan fingerprint density at radius 1 is 1.15 bits per heavy atom. The molecular formula is C23H23F2N7OS. The highest BCUT2D eigenvalue weighted by Crippen LogP contribution is 2.33. The van der Waals surface area contributed by atoms with E-state index in [0.29, 0.717) is 11.6 Å². The zero-order valence-corrected chi connectivity index (χ0v) is 19.2. The van der Waals surface area contributed by atoms with E-state index < -0.39 is 11.6 Å².